The lowest BCUT2D eigenvalue weighted by atomic mass is 9.94. The highest BCUT2D eigenvalue weighted by molar-refractivity contribution is 5.88. The summed E-state index contributed by atoms with van der Waals surface area (Å²) in [6.07, 6.45) is -0.00312. The smallest absolute Gasteiger partial charge is 0.244 e. The molecule has 0 spiro atoms. The SMILES string of the molecule is CC(NC(=O)C(CC(=O)NO)Cc1ccccc1)C(=O)[O-]. The molecule has 3 N–H and O–H groups in total. The Kier molecular flexibility index (Phi) is 6.35. The van der Waals surface area contributed by atoms with Crippen molar-refractivity contribution in [2.24, 2.45) is 5.92 Å². The predicted molar refractivity (Wildman–Crippen MR) is 70.8 cm³/mol. The van der Waals surface area contributed by atoms with Gasteiger partial charge in [-0.05, 0) is 18.9 Å². The molecule has 7 heteroatoms. The average molecular weight is 293 g/mol. The zero-order chi connectivity index (χ0) is 15.8. The molecule has 0 aliphatic rings. The number of hydrogen-bond donors (Lipinski definition) is 3. The lowest BCUT2D eigenvalue weighted by molar-refractivity contribution is -0.307. The number of hydroxylamine groups is 1. The van der Waals surface area contributed by atoms with Crippen molar-refractivity contribution >= 4 is 17.8 Å². The van der Waals surface area contributed by atoms with Gasteiger partial charge in [0.1, 0.15) is 0 Å². The Morgan fingerprint density at radius 1 is 1.24 bits per heavy atom. The molecular formula is C14H17N2O5-. The third-order valence-corrected chi connectivity index (χ3v) is 2.96. The number of carbonyl (C=O) groups excluding carboxylic acids is 3. The van der Waals surface area contributed by atoms with Gasteiger partial charge in [0, 0.05) is 6.42 Å². The number of carboxylic acids is 1. The van der Waals surface area contributed by atoms with Crippen LogP contribution in [0.1, 0.15) is 18.9 Å². The van der Waals surface area contributed by atoms with Crippen molar-refractivity contribution in [3.05, 3.63) is 35.9 Å². The first kappa shape index (κ1) is 16.6. The normalized spacial score (nSPS) is 13.0. The highest BCUT2D eigenvalue weighted by Gasteiger charge is 2.23. The summed E-state index contributed by atoms with van der Waals surface area (Å²) in [4.78, 5) is 34.0. The standard InChI is InChI=1S/C14H18N2O5/c1-9(14(19)20)15-13(18)11(8-12(17)16-21)7-10-5-3-2-4-6-10/h2-6,9,11,21H,7-8H2,1H3,(H,15,18)(H,16,17)(H,19,20)/p-1. The quantitative estimate of drug-likeness (QED) is 0.440. The van der Waals surface area contributed by atoms with Crippen molar-refractivity contribution in [3.63, 3.8) is 0 Å². The predicted octanol–water partition coefficient (Wildman–Crippen LogP) is -1.00. The minimum Gasteiger partial charge on any atom is -0.548 e. The summed E-state index contributed by atoms with van der Waals surface area (Å²) in [5.74, 6) is -3.50. The molecule has 1 aromatic rings. The maximum Gasteiger partial charge on any atom is 0.244 e. The Morgan fingerprint density at radius 2 is 1.86 bits per heavy atom. The minimum atomic E-state index is -1.41. The highest BCUT2D eigenvalue weighted by Crippen LogP contribution is 2.13. The van der Waals surface area contributed by atoms with Gasteiger partial charge in [-0.1, -0.05) is 30.3 Å². The minimum absolute atomic E-state index is 0.250. The van der Waals surface area contributed by atoms with Gasteiger partial charge in [-0.2, -0.15) is 0 Å². The lowest BCUT2D eigenvalue weighted by Crippen LogP contribution is -2.48. The van der Waals surface area contributed by atoms with Gasteiger partial charge < -0.3 is 15.2 Å². The second kappa shape index (κ2) is 8.01. The number of amides is 2. The molecule has 1 aromatic carbocycles. The Hall–Kier alpha value is -2.41. The molecule has 0 aromatic heterocycles. The van der Waals surface area contributed by atoms with Crippen molar-refractivity contribution in [3.8, 4) is 0 Å². The van der Waals surface area contributed by atoms with Gasteiger partial charge in [-0.15, -0.1) is 0 Å². The fourth-order valence-electron chi connectivity index (χ4n) is 1.82. The third-order valence-electron chi connectivity index (χ3n) is 2.96. The zero-order valence-corrected chi connectivity index (χ0v) is 11.5. The summed E-state index contributed by atoms with van der Waals surface area (Å²) in [6.45, 7) is 1.28. The number of rotatable bonds is 7. The van der Waals surface area contributed by atoms with Crippen molar-refractivity contribution in [2.45, 2.75) is 25.8 Å². The van der Waals surface area contributed by atoms with Gasteiger partial charge in [0.15, 0.2) is 0 Å². The van der Waals surface area contributed by atoms with E-state index in [9.17, 15) is 19.5 Å². The molecule has 0 aliphatic carbocycles. The summed E-state index contributed by atoms with van der Waals surface area (Å²) in [5.41, 5.74) is 2.29. The molecule has 114 valence electrons. The number of aliphatic carboxylic acids is 1. The number of carbonyl (C=O) groups is 3. The van der Waals surface area contributed by atoms with Crippen molar-refractivity contribution < 1.29 is 24.7 Å². The maximum absolute atomic E-state index is 12.1. The van der Waals surface area contributed by atoms with E-state index in [1.165, 1.54) is 12.4 Å². The van der Waals surface area contributed by atoms with Crippen LogP contribution in [0.25, 0.3) is 0 Å². The topological polar surface area (TPSA) is 119 Å². The zero-order valence-electron chi connectivity index (χ0n) is 11.5. The van der Waals surface area contributed by atoms with Crippen molar-refractivity contribution in [2.75, 3.05) is 0 Å². The van der Waals surface area contributed by atoms with Crippen LogP contribution in [0, 0.1) is 5.92 Å². The van der Waals surface area contributed by atoms with Crippen LogP contribution >= 0.6 is 0 Å². The molecule has 21 heavy (non-hydrogen) atoms. The monoisotopic (exact) mass is 293 g/mol. The van der Waals surface area contributed by atoms with Crippen molar-refractivity contribution in [1.82, 2.24) is 10.8 Å². The number of nitrogens with one attached hydrogen (secondary N) is 2. The van der Waals surface area contributed by atoms with E-state index in [4.69, 9.17) is 5.21 Å². The van der Waals surface area contributed by atoms with Crippen LogP contribution in [-0.2, 0) is 20.8 Å². The van der Waals surface area contributed by atoms with Gasteiger partial charge >= 0.3 is 0 Å². The van der Waals surface area contributed by atoms with Gasteiger partial charge in [0.25, 0.3) is 0 Å². The Labute approximate surface area is 121 Å². The number of hydrogen-bond acceptors (Lipinski definition) is 5. The maximum atomic E-state index is 12.1. The van der Waals surface area contributed by atoms with E-state index in [2.05, 4.69) is 5.32 Å². The summed E-state index contributed by atoms with van der Waals surface area (Å²) >= 11 is 0. The van der Waals surface area contributed by atoms with Crippen LogP contribution in [0.15, 0.2) is 30.3 Å². The van der Waals surface area contributed by atoms with E-state index in [-0.39, 0.29) is 12.8 Å². The molecule has 0 radical (unpaired) electrons. The fraction of sp³-hybridized carbons (Fsp3) is 0.357. The molecule has 2 atom stereocenters. The van der Waals surface area contributed by atoms with E-state index in [1.54, 1.807) is 24.3 Å². The van der Waals surface area contributed by atoms with Gasteiger partial charge in [-0.25, -0.2) is 5.48 Å². The van der Waals surface area contributed by atoms with Gasteiger partial charge in [0.2, 0.25) is 11.8 Å². The average Bonchev–Trinajstić information content (AvgIpc) is 2.47. The first-order valence-corrected chi connectivity index (χ1v) is 6.42. The van der Waals surface area contributed by atoms with E-state index in [1.807, 2.05) is 6.07 Å². The second-order valence-corrected chi connectivity index (χ2v) is 4.68. The first-order valence-electron chi connectivity index (χ1n) is 6.42. The van der Waals surface area contributed by atoms with Crippen LogP contribution in [-0.4, -0.2) is 29.0 Å². The van der Waals surface area contributed by atoms with Crippen LogP contribution < -0.4 is 15.9 Å². The lowest BCUT2D eigenvalue weighted by Gasteiger charge is -2.20. The first-order chi connectivity index (χ1) is 9.93. The summed E-state index contributed by atoms with van der Waals surface area (Å²) in [5, 5.41) is 21.5. The Bertz CT molecular complexity index is 503. The summed E-state index contributed by atoms with van der Waals surface area (Å²) in [6, 6.07) is 7.82. The molecule has 0 aliphatic heterocycles. The number of carboxylic acid groups (broad SMARTS) is 1. The van der Waals surface area contributed by atoms with Gasteiger partial charge in [-0.3, -0.25) is 14.8 Å². The largest absolute Gasteiger partial charge is 0.548 e. The molecule has 0 heterocycles. The Morgan fingerprint density at radius 3 is 2.38 bits per heavy atom. The Balaban J connectivity index is 2.78. The van der Waals surface area contributed by atoms with E-state index in [0.717, 1.165) is 5.56 Å². The van der Waals surface area contributed by atoms with Crippen molar-refractivity contribution in [1.29, 1.82) is 0 Å². The molecule has 2 unspecified atom stereocenters. The highest BCUT2D eigenvalue weighted by atomic mass is 16.5. The van der Waals surface area contributed by atoms with E-state index >= 15 is 0 Å². The second-order valence-electron chi connectivity index (χ2n) is 4.68. The van der Waals surface area contributed by atoms with Gasteiger partial charge in [0.05, 0.1) is 17.9 Å². The number of benzene rings is 1. The van der Waals surface area contributed by atoms with Crippen LogP contribution in [0.4, 0.5) is 0 Å². The molecule has 0 fully saturated rings. The molecule has 2 amide bonds. The summed E-state index contributed by atoms with van der Waals surface area (Å²) < 4.78 is 0. The third kappa shape index (κ3) is 5.62. The van der Waals surface area contributed by atoms with Crippen LogP contribution in [0.2, 0.25) is 0 Å². The molecule has 0 saturated carbocycles. The van der Waals surface area contributed by atoms with E-state index < -0.39 is 29.7 Å². The fourth-order valence-corrected chi connectivity index (χ4v) is 1.82. The molecule has 1 rings (SSSR count). The summed E-state index contributed by atoms with van der Waals surface area (Å²) in [7, 11) is 0. The molecule has 0 bridgehead atoms. The van der Waals surface area contributed by atoms with E-state index in [0.29, 0.717) is 0 Å². The van der Waals surface area contributed by atoms with Crippen LogP contribution in [0.5, 0.6) is 0 Å². The molecular weight excluding hydrogens is 276 g/mol. The molecule has 0 saturated heterocycles. The van der Waals surface area contributed by atoms with Crippen LogP contribution in [0.3, 0.4) is 0 Å². The molecule has 7 nitrogen and oxygen atoms in total.